The number of hydrogen-bond donors (Lipinski definition) is 1. The molecule has 2 aliphatic heterocycles. The minimum absolute atomic E-state index is 0.204. The van der Waals surface area contributed by atoms with Crippen LogP contribution in [0.3, 0.4) is 0 Å². The van der Waals surface area contributed by atoms with Crippen LogP contribution in [0.4, 0.5) is 0 Å². The molecule has 1 N–H and O–H groups in total. The number of amides is 1. The summed E-state index contributed by atoms with van der Waals surface area (Å²) in [6.45, 7) is 0.888. The molecule has 0 unspecified atom stereocenters. The number of carbonyl (C=O) groups is 1. The highest BCUT2D eigenvalue weighted by Crippen LogP contribution is 2.10. The van der Waals surface area contributed by atoms with E-state index in [1.165, 1.54) is 6.42 Å². The summed E-state index contributed by atoms with van der Waals surface area (Å²) in [5.74, 6) is 0.204. The minimum Gasteiger partial charge on any atom is -0.356 e. The molecule has 0 aromatic rings. The highest BCUT2D eigenvalue weighted by atomic mass is 28.2. The highest BCUT2D eigenvalue weighted by Gasteiger charge is 2.05. The van der Waals surface area contributed by atoms with Gasteiger partial charge < -0.3 is 5.32 Å². The maximum atomic E-state index is 10.1. The van der Waals surface area contributed by atoms with E-state index in [0.717, 1.165) is 19.4 Å². The molecule has 2 saturated heterocycles. The van der Waals surface area contributed by atoms with E-state index >= 15 is 0 Å². The van der Waals surface area contributed by atoms with Crippen molar-refractivity contribution in [2.75, 3.05) is 6.54 Å². The third kappa shape index (κ3) is 4.54. The summed E-state index contributed by atoms with van der Waals surface area (Å²) in [6, 6.07) is 3.28. The molecule has 3 heteroatoms. The highest BCUT2D eigenvalue weighted by molar-refractivity contribution is 6.35. The van der Waals surface area contributed by atoms with E-state index < -0.39 is 0 Å². The molecule has 2 rings (SSSR count). The van der Waals surface area contributed by atoms with Crippen molar-refractivity contribution in [2.24, 2.45) is 0 Å². The first kappa shape index (κ1) is 9.77. The fourth-order valence-electron chi connectivity index (χ4n) is 1.63. The van der Waals surface area contributed by atoms with Crippen molar-refractivity contribution in [3.05, 3.63) is 0 Å². The van der Waals surface area contributed by atoms with Gasteiger partial charge in [-0.1, -0.05) is 31.4 Å². The van der Waals surface area contributed by atoms with E-state index in [1.54, 1.807) is 24.9 Å². The summed E-state index contributed by atoms with van der Waals surface area (Å²) in [4.78, 5) is 10.1. The summed E-state index contributed by atoms with van der Waals surface area (Å²) in [5, 5.41) is 2.68. The second-order valence-corrected chi connectivity index (χ2v) is 5.70. The largest absolute Gasteiger partial charge is 0.356 e. The van der Waals surface area contributed by atoms with Gasteiger partial charge in [-0.05, 0) is 6.42 Å². The molecule has 0 bridgehead atoms. The van der Waals surface area contributed by atoms with Gasteiger partial charge in [0.1, 0.15) is 0 Å². The zero-order chi connectivity index (χ0) is 8.65. The van der Waals surface area contributed by atoms with Crippen molar-refractivity contribution in [1.82, 2.24) is 5.32 Å². The van der Waals surface area contributed by atoms with Gasteiger partial charge >= 0.3 is 0 Å². The van der Waals surface area contributed by atoms with Gasteiger partial charge in [-0.2, -0.15) is 0 Å². The van der Waals surface area contributed by atoms with Crippen LogP contribution in [0.15, 0.2) is 0 Å². The van der Waals surface area contributed by atoms with Crippen LogP contribution in [0.25, 0.3) is 0 Å². The number of nitrogens with one attached hydrogen (secondary N) is 1. The Labute approximate surface area is 76.9 Å². The van der Waals surface area contributed by atoms with Gasteiger partial charge in [-0.25, -0.2) is 0 Å². The van der Waals surface area contributed by atoms with Gasteiger partial charge in [0.15, 0.2) is 0 Å². The van der Waals surface area contributed by atoms with E-state index in [-0.39, 0.29) is 5.91 Å². The van der Waals surface area contributed by atoms with E-state index in [0.29, 0.717) is 9.52 Å². The van der Waals surface area contributed by atoms with Crippen LogP contribution >= 0.6 is 0 Å². The van der Waals surface area contributed by atoms with E-state index in [4.69, 9.17) is 0 Å². The Hall–Kier alpha value is -0.313. The monoisotopic (exact) mass is 185 g/mol. The molecule has 2 nitrogen and oxygen atoms in total. The predicted molar refractivity (Wildman–Crippen MR) is 54.3 cm³/mol. The summed E-state index contributed by atoms with van der Waals surface area (Å²) in [7, 11) is 0.508. The second kappa shape index (κ2) is 6.23. The lowest BCUT2D eigenvalue weighted by molar-refractivity contribution is -0.119. The Morgan fingerprint density at radius 1 is 1.08 bits per heavy atom. The third-order valence-electron chi connectivity index (χ3n) is 2.40. The van der Waals surface area contributed by atoms with Crippen LogP contribution in [0.5, 0.6) is 0 Å². The molecule has 0 atom stereocenters. The molecule has 0 spiro atoms. The van der Waals surface area contributed by atoms with E-state index in [1.807, 2.05) is 0 Å². The Bertz CT molecular complexity index is 115. The molecule has 0 aromatic carbocycles. The molecule has 0 radical (unpaired) electrons. The van der Waals surface area contributed by atoms with E-state index in [2.05, 4.69) is 5.32 Å². The quantitative estimate of drug-likeness (QED) is 0.562. The van der Waals surface area contributed by atoms with Crippen molar-refractivity contribution in [3.63, 3.8) is 0 Å². The second-order valence-electron chi connectivity index (χ2n) is 3.57. The maximum Gasteiger partial charge on any atom is 0.220 e. The van der Waals surface area contributed by atoms with Gasteiger partial charge in [-0.3, -0.25) is 4.79 Å². The molecule has 2 fully saturated rings. The number of rotatable bonds is 0. The van der Waals surface area contributed by atoms with Crippen LogP contribution in [-0.4, -0.2) is 22.0 Å². The lowest BCUT2D eigenvalue weighted by atomic mass is 10.3. The average Bonchev–Trinajstić information content (AvgIpc) is 2.60. The Kier molecular flexibility index (Phi) is 5.07. The zero-order valence-electron chi connectivity index (χ0n) is 7.77. The molecule has 0 aliphatic carbocycles. The lowest BCUT2D eigenvalue weighted by Crippen LogP contribution is -2.12. The first-order valence-electron chi connectivity index (χ1n) is 5.16. The summed E-state index contributed by atoms with van der Waals surface area (Å²) < 4.78 is 0. The van der Waals surface area contributed by atoms with Gasteiger partial charge in [0, 0.05) is 22.5 Å². The van der Waals surface area contributed by atoms with Crippen molar-refractivity contribution in [2.45, 2.75) is 44.2 Å². The molecule has 1 amide bonds. The first-order valence-corrected chi connectivity index (χ1v) is 7.16. The molecule has 12 heavy (non-hydrogen) atoms. The first-order chi connectivity index (χ1) is 5.89. The topological polar surface area (TPSA) is 29.1 Å². The smallest absolute Gasteiger partial charge is 0.220 e. The van der Waals surface area contributed by atoms with Crippen LogP contribution in [0, 0.1) is 0 Å². The van der Waals surface area contributed by atoms with Crippen LogP contribution in [0.2, 0.25) is 12.1 Å². The minimum atomic E-state index is 0.204. The molecule has 2 heterocycles. The lowest BCUT2D eigenvalue weighted by Gasteiger charge is -2.04. The Balaban J connectivity index is 0.000000120. The SMILES string of the molecule is C1CC[SiH2]CC1.O=C1CCCN1. The molecule has 0 saturated carbocycles. The summed E-state index contributed by atoms with van der Waals surface area (Å²) >= 11 is 0. The van der Waals surface area contributed by atoms with E-state index in [9.17, 15) is 4.79 Å². The molecular weight excluding hydrogens is 166 g/mol. The number of carbonyl (C=O) groups excluding carboxylic acids is 1. The van der Waals surface area contributed by atoms with Crippen molar-refractivity contribution in [1.29, 1.82) is 0 Å². The summed E-state index contributed by atoms with van der Waals surface area (Å²) in [5.41, 5.74) is 0. The fourth-order valence-corrected chi connectivity index (χ4v) is 3.39. The molecule has 2 aliphatic rings. The van der Waals surface area contributed by atoms with Crippen LogP contribution < -0.4 is 5.32 Å². The van der Waals surface area contributed by atoms with Crippen molar-refractivity contribution >= 4 is 15.4 Å². The number of hydrogen-bond acceptors (Lipinski definition) is 1. The Morgan fingerprint density at radius 3 is 2.00 bits per heavy atom. The van der Waals surface area contributed by atoms with Gasteiger partial charge in [-0.15, -0.1) is 0 Å². The molecular formula is C9H19NOSi. The van der Waals surface area contributed by atoms with Gasteiger partial charge in [0.25, 0.3) is 0 Å². The zero-order valence-corrected chi connectivity index (χ0v) is 9.19. The molecule has 0 aromatic heterocycles. The fraction of sp³-hybridized carbons (Fsp3) is 0.889. The molecule has 70 valence electrons. The van der Waals surface area contributed by atoms with Crippen molar-refractivity contribution in [3.8, 4) is 0 Å². The van der Waals surface area contributed by atoms with Crippen LogP contribution in [0.1, 0.15) is 32.1 Å². The van der Waals surface area contributed by atoms with Crippen molar-refractivity contribution < 1.29 is 4.79 Å². The Morgan fingerprint density at radius 2 is 1.83 bits per heavy atom. The maximum absolute atomic E-state index is 10.1. The predicted octanol–water partition coefficient (Wildman–Crippen LogP) is 1.07. The summed E-state index contributed by atoms with van der Waals surface area (Å²) in [6.07, 6.45) is 6.42. The standard InChI is InChI=1S/C5H12Si.C4H7NO/c1-2-4-6-5-3-1;6-4-2-1-3-5-4/h1-6H2;1-3H2,(H,5,6). The van der Waals surface area contributed by atoms with Gasteiger partial charge in [0.05, 0.1) is 0 Å². The third-order valence-corrected chi connectivity index (χ3v) is 4.40. The normalized spacial score (nSPS) is 22.5. The average molecular weight is 185 g/mol. The van der Waals surface area contributed by atoms with Gasteiger partial charge in [0.2, 0.25) is 5.91 Å². The van der Waals surface area contributed by atoms with Crippen LogP contribution in [-0.2, 0) is 4.79 Å².